The number of hydrogen-bond donors (Lipinski definition) is 0. The van der Waals surface area contributed by atoms with Gasteiger partial charge in [-0.3, -0.25) is 19.7 Å². The number of ether oxygens (including phenoxy) is 2. The van der Waals surface area contributed by atoms with Crippen molar-refractivity contribution in [3.63, 3.8) is 0 Å². The quantitative estimate of drug-likeness (QED) is 0.239. The lowest BCUT2D eigenvalue weighted by Crippen LogP contribution is -2.35. The largest absolute Gasteiger partial charge is 0.473 e. The lowest BCUT2D eigenvalue weighted by molar-refractivity contribution is -0.0592. The summed E-state index contributed by atoms with van der Waals surface area (Å²) in [5.74, 6) is 2.07. The number of imidazole rings is 1. The average molecular weight is 549 g/mol. The smallest absolute Gasteiger partial charge is 0.213 e. The molecule has 2 fully saturated rings. The van der Waals surface area contributed by atoms with Gasteiger partial charge in [0.1, 0.15) is 18.7 Å². The number of aldehydes is 1. The Hall–Kier alpha value is -4.21. The van der Waals surface area contributed by atoms with Crippen LogP contribution in [0.5, 0.6) is 5.88 Å². The van der Waals surface area contributed by atoms with E-state index in [-0.39, 0.29) is 6.10 Å². The number of aromatic nitrogens is 5. The predicted octanol–water partition coefficient (Wildman–Crippen LogP) is 4.93. The van der Waals surface area contributed by atoms with Crippen LogP contribution in [-0.2, 0) is 24.4 Å². The van der Waals surface area contributed by atoms with Crippen molar-refractivity contribution in [3.8, 4) is 5.88 Å². The second-order valence-corrected chi connectivity index (χ2v) is 10.9. The molecule has 2 aliphatic rings. The van der Waals surface area contributed by atoms with Crippen molar-refractivity contribution >= 4 is 28.4 Å². The molecule has 7 rings (SSSR count). The summed E-state index contributed by atoms with van der Waals surface area (Å²) in [6.07, 6.45) is 7.63. The number of pyridine rings is 1. The Bertz CT molecular complexity index is 1690. The van der Waals surface area contributed by atoms with Crippen LogP contribution in [0, 0.1) is 0 Å². The summed E-state index contributed by atoms with van der Waals surface area (Å²) < 4.78 is 14.0. The second kappa shape index (κ2) is 11.3. The fourth-order valence-corrected chi connectivity index (χ4v) is 5.80. The van der Waals surface area contributed by atoms with E-state index >= 15 is 0 Å². The first-order chi connectivity index (χ1) is 20.2. The number of fused-ring (bicyclic) bond motifs is 2. The first-order valence-corrected chi connectivity index (χ1v) is 14.3. The molecule has 2 aromatic carbocycles. The molecule has 0 radical (unpaired) electrons. The van der Waals surface area contributed by atoms with Gasteiger partial charge in [-0.05, 0) is 74.3 Å². The van der Waals surface area contributed by atoms with E-state index in [0.717, 1.165) is 97.5 Å². The van der Waals surface area contributed by atoms with Gasteiger partial charge >= 0.3 is 0 Å². The summed E-state index contributed by atoms with van der Waals surface area (Å²) in [5, 5.41) is 0. The SMILES string of the molecule is O=Cc1ccc2nc(CN3CCC(c4cccc(OCc5ccc6nccnc6c5)n4)CC3)n(CC3CCO3)c2c1. The van der Waals surface area contributed by atoms with Crippen LogP contribution in [0.4, 0.5) is 0 Å². The number of rotatable bonds is 9. The van der Waals surface area contributed by atoms with Crippen LogP contribution in [0.25, 0.3) is 22.1 Å². The van der Waals surface area contributed by atoms with Gasteiger partial charge in [-0.15, -0.1) is 0 Å². The summed E-state index contributed by atoms with van der Waals surface area (Å²) in [4.78, 5) is 32.4. The van der Waals surface area contributed by atoms with Gasteiger partial charge in [-0.25, -0.2) is 9.97 Å². The topological polar surface area (TPSA) is 95.3 Å². The molecular formula is C32H32N6O3. The van der Waals surface area contributed by atoms with Crippen molar-refractivity contribution in [1.29, 1.82) is 0 Å². The van der Waals surface area contributed by atoms with E-state index in [0.29, 0.717) is 24.0 Å². The zero-order valence-corrected chi connectivity index (χ0v) is 22.9. The van der Waals surface area contributed by atoms with Crippen molar-refractivity contribution in [2.24, 2.45) is 0 Å². The predicted molar refractivity (Wildman–Crippen MR) is 155 cm³/mol. The molecule has 1 unspecified atom stereocenters. The zero-order chi connectivity index (χ0) is 27.6. The standard InChI is InChI=1S/C32H32N6O3/c39-20-22-4-7-28-30(17-22)38(18-25-10-15-40-25)31(35-28)19-37-13-8-24(9-14-37)26-2-1-3-32(36-26)41-21-23-5-6-27-29(16-23)34-12-11-33-27/h1-7,11-12,16-17,20,24-25H,8-10,13-15,18-19,21H2. The molecule has 0 spiro atoms. The van der Waals surface area contributed by atoms with Crippen molar-refractivity contribution in [1.82, 2.24) is 29.4 Å². The van der Waals surface area contributed by atoms with Gasteiger partial charge in [-0.1, -0.05) is 12.1 Å². The summed E-state index contributed by atoms with van der Waals surface area (Å²) >= 11 is 0. The number of hydrogen-bond acceptors (Lipinski definition) is 8. The highest BCUT2D eigenvalue weighted by Gasteiger charge is 2.26. The summed E-state index contributed by atoms with van der Waals surface area (Å²) in [7, 11) is 0. The third kappa shape index (κ3) is 5.55. The number of carbonyl (C=O) groups excluding carboxylic acids is 1. The Kier molecular flexibility index (Phi) is 7.12. The maximum absolute atomic E-state index is 11.4. The maximum Gasteiger partial charge on any atom is 0.213 e. The minimum Gasteiger partial charge on any atom is -0.473 e. The van der Waals surface area contributed by atoms with Crippen LogP contribution in [0.15, 0.2) is 67.0 Å². The molecule has 0 N–H and O–H groups in total. The van der Waals surface area contributed by atoms with Crippen LogP contribution in [0.2, 0.25) is 0 Å². The third-order valence-electron chi connectivity index (χ3n) is 8.20. The molecule has 9 nitrogen and oxygen atoms in total. The Balaban J connectivity index is 0.994. The van der Waals surface area contributed by atoms with E-state index in [1.165, 1.54) is 0 Å². The van der Waals surface area contributed by atoms with Crippen LogP contribution in [-0.4, -0.2) is 61.5 Å². The minimum atomic E-state index is 0.215. The van der Waals surface area contributed by atoms with Crippen molar-refractivity contribution < 1.29 is 14.3 Å². The lowest BCUT2D eigenvalue weighted by Gasteiger charge is -2.32. The Labute approximate surface area is 238 Å². The number of carbonyl (C=O) groups is 1. The first kappa shape index (κ1) is 25.7. The molecule has 2 saturated heterocycles. The van der Waals surface area contributed by atoms with Gasteiger partial charge in [0.2, 0.25) is 5.88 Å². The Morgan fingerprint density at radius 2 is 1.76 bits per heavy atom. The van der Waals surface area contributed by atoms with Crippen molar-refractivity contribution in [3.05, 3.63) is 89.6 Å². The van der Waals surface area contributed by atoms with E-state index in [4.69, 9.17) is 19.4 Å². The average Bonchev–Trinajstić information content (AvgIpc) is 3.34. The molecule has 1 atom stereocenters. The Morgan fingerprint density at radius 1 is 0.927 bits per heavy atom. The fraction of sp³-hybridized carbons (Fsp3) is 0.344. The van der Waals surface area contributed by atoms with E-state index in [1.54, 1.807) is 12.4 Å². The molecular weight excluding hydrogens is 516 g/mol. The number of likely N-dealkylation sites (tertiary alicyclic amines) is 1. The molecule has 2 aliphatic heterocycles. The highest BCUT2D eigenvalue weighted by atomic mass is 16.5. The maximum atomic E-state index is 11.4. The summed E-state index contributed by atoms with van der Waals surface area (Å²) in [6, 6.07) is 17.8. The van der Waals surface area contributed by atoms with E-state index in [2.05, 4.69) is 25.5 Å². The van der Waals surface area contributed by atoms with Crippen LogP contribution in [0.3, 0.4) is 0 Å². The van der Waals surface area contributed by atoms with Gasteiger partial charge in [0, 0.05) is 42.2 Å². The zero-order valence-electron chi connectivity index (χ0n) is 22.9. The fourth-order valence-electron chi connectivity index (χ4n) is 5.80. The van der Waals surface area contributed by atoms with Crippen molar-refractivity contribution in [2.45, 2.75) is 51.0 Å². The molecule has 0 bridgehead atoms. The highest BCUT2D eigenvalue weighted by Crippen LogP contribution is 2.30. The molecule has 9 heteroatoms. The lowest BCUT2D eigenvalue weighted by atomic mass is 9.93. The summed E-state index contributed by atoms with van der Waals surface area (Å²) in [6.45, 7) is 4.74. The molecule has 5 aromatic rings. The molecule has 0 saturated carbocycles. The first-order valence-electron chi connectivity index (χ1n) is 14.3. The van der Waals surface area contributed by atoms with Gasteiger partial charge in [0.05, 0.1) is 41.3 Å². The van der Waals surface area contributed by atoms with Crippen LogP contribution in [0.1, 0.15) is 52.6 Å². The van der Waals surface area contributed by atoms with E-state index in [1.807, 2.05) is 48.5 Å². The van der Waals surface area contributed by atoms with Crippen LogP contribution >= 0.6 is 0 Å². The van der Waals surface area contributed by atoms with E-state index in [9.17, 15) is 4.79 Å². The van der Waals surface area contributed by atoms with Gasteiger partial charge in [0.15, 0.2) is 0 Å². The number of piperidine rings is 1. The molecule has 0 amide bonds. The molecule has 208 valence electrons. The van der Waals surface area contributed by atoms with Gasteiger partial charge in [0.25, 0.3) is 0 Å². The monoisotopic (exact) mass is 548 g/mol. The van der Waals surface area contributed by atoms with Gasteiger partial charge < -0.3 is 14.0 Å². The minimum absolute atomic E-state index is 0.215. The number of benzene rings is 2. The molecule has 5 heterocycles. The van der Waals surface area contributed by atoms with E-state index < -0.39 is 0 Å². The highest BCUT2D eigenvalue weighted by molar-refractivity contribution is 5.85. The molecule has 41 heavy (non-hydrogen) atoms. The normalized spacial score (nSPS) is 18.0. The second-order valence-electron chi connectivity index (χ2n) is 10.9. The number of nitrogens with zero attached hydrogens (tertiary/aromatic N) is 6. The Morgan fingerprint density at radius 3 is 2.56 bits per heavy atom. The molecule has 3 aromatic heterocycles. The summed E-state index contributed by atoms with van der Waals surface area (Å²) in [5.41, 5.74) is 6.47. The van der Waals surface area contributed by atoms with Crippen LogP contribution < -0.4 is 4.74 Å². The third-order valence-corrected chi connectivity index (χ3v) is 8.20. The van der Waals surface area contributed by atoms with Crippen molar-refractivity contribution in [2.75, 3.05) is 19.7 Å². The van der Waals surface area contributed by atoms with Gasteiger partial charge in [-0.2, -0.15) is 0 Å². The molecule has 0 aliphatic carbocycles.